The molecule has 0 amide bonds. The first-order chi connectivity index (χ1) is 30.0. The van der Waals surface area contributed by atoms with Gasteiger partial charge in [-0.25, -0.2) is 0 Å². The molecular formula is C59H70BN3. The fourth-order valence-electron chi connectivity index (χ4n) is 14.5. The van der Waals surface area contributed by atoms with Crippen molar-refractivity contribution in [3.8, 4) is 0 Å². The molecule has 3 heterocycles. The van der Waals surface area contributed by atoms with Crippen LogP contribution in [0.5, 0.6) is 0 Å². The van der Waals surface area contributed by atoms with Crippen molar-refractivity contribution in [2.24, 2.45) is 34.5 Å². The van der Waals surface area contributed by atoms with Gasteiger partial charge in [-0.3, -0.25) is 0 Å². The van der Waals surface area contributed by atoms with Gasteiger partial charge in [0, 0.05) is 52.9 Å². The molecule has 9 aliphatic rings. The van der Waals surface area contributed by atoms with Gasteiger partial charge in [0.25, 0.3) is 6.71 Å². The third kappa shape index (κ3) is 5.90. The molecule has 3 aliphatic heterocycles. The standard InChI is InChI=1S/C59H70BN3/c1-56(2,3)38-17-22-43(23-18-38)63-52-25-19-39(57(4,5)6)33-50(52)60-49-28-37(46-30-41-32-48(46)59(41,9)10)16-24-51(49)62(53-34-44(35-54(63)55(53)60)61-26-12-11-13-27-61)42-20-14-36(15-21-42)45-29-40-31-47(45)58(40,7)8/h14-25,28,33-35,40-41,45-48H,11-13,26-27,29-32H2,1-10H3. The highest BCUT2D eigenvalue weighted by Crippen LogP contribution is 2.68. The van der Waals surface area contributed by atoms with E-state index in [-0.39, 0.29) is 17.5 Å². The summed E-state index contributed by atoms with van der Waals surface area (Å²) in [7, 11) is 0. The molecule has 6 saturated carbocycles. The SMILES string of the molecule is CC(C)(C)c1ccc(N2c3ccc(C(C)(C)C)cc3B3c4cc(C5CC6CC5C6(C)C)ccc4N(c4ccc(C5CC6CC5C6(C)C)cc4)c4cc(N5CCCCC5)cc2c43)cc1. The molecule has 6 unspecified atom stereocenters. The minimum Gasteiger partial charge on any atom is -0.371 e. The highest BCUT2D eigenvalue weighted by molar-refractivity contribution is 7.00. The van der Waals surface area contributed by atoms with Crippen LogP contribution in [0.1, 0.15) is 148 Å². The number of benzene rings is 5. The summed E-state index contributed by atoms with van der Waals surface area (Å²) in [6.45, 7) is 26.6. The van der Waals surface area contributed by atoms with Crippen LogP contribution in [0.2, 0.25) is 0 Å². The fraction of sp³-hybridized carbons (Fsp3) is 0.492. The van der Waals surface area contributed by atoms with E-state index in [0.717, 1.165) is 36.8 Å². The number of anilines is 7. The number of rotatable bonds is 5. The molecule has 0 radical (unpaired) electrons. The van der Waals surface area contributed by atoms with Crippen LogP contribution in [0.3, 0.4) is 0 Å². The second kappa shape index (κ2) is 13.6. The number of piperidine rings is 1. The predicted molar refractivity (Wildman–Crippen MR) is 269 cm³/mol. The smallest absolute Gasteiger partial charge is 0.252 e. The quantitative estimate of drug-likeness (QED) is 0.160. The van der Waals surface area contributed by atoms with E-state index in [1.165, 1.54) is 112 Å². The Morgan fingerprint density at radius 2 is 0.952 bits per heavy atom. The Kier molecular flexibility index (Phi) is 8.63. The highest BCUT2D eigenvalue weighted by Gasteiger charge is 2.59. The average Bonchev–Trinajstić information content (AvgIpc) is 4.06. The third-order valence-electron chi connectivity index (χ3n) is 18.8. The van der Waals surface area contributed by atoms with Crippen LogP contribution in [-0.2, 0) is 10.8 Å². The maximum absolute atomic E-state index is 2.71. The first kappa shape index (κ1) is 40.1. The molecular weight excluding hydrogens is 761 g/mol. The van der Waals surface area contributed by atoms with Crippen LogP contribution in [-0.4, -0.2) is 19.8 Å². The van der Waals surface area contributed by atoms with Gasteiger partial charge in [0.05, 0.1) is 0 Å². The van der Waals surface area contributed by atoms with Gasteiger partial charge < -0.3 is 14.7 Å². The molecule has 0 N–H and O–H groups in total. The number of nitrogens with zero attached hydrogens (tertiary/aromatic N) is 3. The Labute approximate surface area is 379 Å². The molecule has 1 saturated heterocycles. The maximum atomic E-state index is 2.71. The largest absolute Gasteiger partial charge is 0.371 e. The number of hydrogen-bond acceptors (Lipinski definition) is 3. The second-order valence-electron chi connectivity index (χ2n) is 24.7. The third-order valence-corrected chi connectivity index (χ3v) is 18.8. The molecule has 14 rings (SSSR count). The molecule has 4 heteroatoms. The molecule has 4 bridgehead atoms. The van der Waals surface area contributed by atoms with Crippen molar-refractivity contribution in [1.82, 2.24) is 0 Å². The van der Waals surface area contributed by atoms with E-state index in [4.69, 9.17) is 0 Å². The Hall–Kier alpha value is -4.44. The van der Waals surface area contributed by atoms with Gasteiger partial charge in [-0.05, 0) is 189 Å². The number of fused-ring (bicyclic) bond motifs is 6. The Morgan fingerprint density at radius 3 is 1.46 bits per heavy atom. The zero-order valence-electron chi connectivity index (χ0n) is 40.0. The van der Waals surface area contributed by atoms with E-state index in [0.29, 0.717) is 22.7 Å². The topological polar surface area (TPSA) is 9.72 Å². The van der Waals surface area contributed by atoms with E-state index >= 15 is 0 Å². The van der Waals surface area contributed by atoms with E-state index < -0.39 is 0 Å². The van der Waals surface area contributed by atoms with Crippen molar-refractivity contribution < 1.29 is 0 Å². The monoisotopic (exact) mass is 832 g/mol. The van der Waals surface area contributed by atoms with Gasteiger partial charge in [0.15, 0.2) is 0 Å². The minimum absolute atomic E-state index is 0.0218. The van der Waals surface area contributed by atoms with Crippen molar-refractivity contribution in [3.05, 3.63) is 119 Å². The summed E-state index contributed by atoms with van der Waals surface area (Å²) < 4.78 is 0. The van der Waals surface area contributed by atoms with Gasteiger partial charge in [-0.2, -0.15) is 0 Å². The van der Waals surface area contributed by atoms with Crippen LogP contribution in [0.4, 0.5) is 39.8 Å². The summed E-state index contributed by atoms with van der Waals surface area (Å²) in [5, 5.41) is 0. The molecule has 5 aromatic carbocycles. The first-order valence-corrected chi connectivity index (χ1v) is 25.0. The molecule has 63 heavy (non-hydrogen) atoms. The molecule has 7 fully saturated rings. The van der Waals surface area contributed by atoms with Crippen molar-refractivity contribution in [2.45, 2.75) is 137 Å². The van der Waals surface area contributed by atoms with E-state index in [1.807, 2.05) is 0 Å². The lowest BCUT2D eigenvalue weighted by molar-refractivity contribution is 0.0473. The van der Waals surface area contributed by atoms with Gasteiger partial charge in [-0.15, -0.1) is 0 Å². The normalized spacial score (nSPS) is 27.1. The van der Waals surface area contributed by atoms with E-state index in [9.17, 15) is 0 Å². The zero-order chi connectivity index (χ0) is 43.5. The molecule has 0 spiro atoms. The molecule has 3 nitrogen and oxygen atoms in total. The summed E-state index contributed by atoms with van der Waals surface area (Å²) in [4.78, 5) is 8.04. The lowest BCUT2D eigenvalue weighted by Gasteiger charge is -2.46. The van der Waals surface area contributed by atoms with E-state index in [2.05, 4.69) is 181 Å². The lowest BCUT2D eigenvalue weighted by Crippen LogP contribution is -2.61. The van der Waals surface area contributed by atoms with Gasteiger partial charge >= 0.3 is 0 Å². The van der Waals surface area contributed by atoms with Crippen LogP contribution in [0.25, 0.3) is 0 Å². The van der Waals surface area contributed by atoms with Gasteiger partial charge in [0.1, 0.15) is 0 Å². The summed E-state index contributed by atoms with van der Waals surface area (Å²) in [6.07, 6.45) is 9.30. The first-order valence-electron chi connectivity index (χ1n) is 25.0. The number of hydrogen-bond donors (Lipinski definition) is 0. The molecule has 0 aromatic heterocycles. The summed E-state index contributed by atoms with van der Waals surface area (Å²) in [5.74, 6) is 4.62. The van der Waals surface area contributed by atoms with Crippen molar-refractivity contribution in [1.29, 1.82) is 0 Å². The van der Waals surface area contributed by atoms with E-state index in [1.54, 1.807) is 11.1 Å². The van der Waals surface area contributed by atoms with Crippen LogP contribution >= 0.6 is 0 Å². The summed E-state index contributed by atoms with van der Waals surface area (Å²) >= 11 is 0. The molecule has 5 aromatic rings. The van der Waals surface area contributed by atoms with Gasteiger partial charge in [0.2, 0.25) is 0 Å². The van der Waals surface area contributed by atoms with Crippen molar-refractivity contribution in [3.63, 3.8) is 0 Å². The molecule has 6 aliphatic carbocycles. The summed E-state index contributed by atoms with van der Waals surface area (Å²) in [5.41, 5.74) is 20.5. The lowest BCUT2D eigenvalue weighted by atomic mass is 9.33. The molecule has 6 atom stereocenters. The van der Waals surface area contributed by atoms with Crippen LogP contribution in [0.15, 0.2) is 97.1 Å². The Bertz CT molecular complexity index is 2630. The second-order valence-corrected chi connectivity index (χ2v) is 24.7. The summed E-state index contributed by atoms with van der Waals surface area (Å²) in [6, 6.07) is 40.1. The Morgan fingerprint density at radius 1 is 0.476 bits per heavy atom. The maximum Gasteiger partial charge on any atom is 0.252 e. The minimum atomic E-state index is 0.0218. The highest BCUT2D eigenvalue weighted by atomic mass is 15.2. The zero-order valence-corrected chi connectivity index (χ0v) is 40.0. The van der Waals surface area contributed by atoms with Crippen LogP contribution < -0.4 is 31.1 Å². The Balaban J connectivity index is 1.10. The molecule has 324 valence electrons. The fourth-order valence-corrected chi connectivity index (χ4v) is 14.5. The van der Waals surface area contributed by atoms with Crippen molar-refractivity contribution in [2.75, 3.05) is 27.8 Å². The average molecular weight is 832 g/mol. The van der Waals surface area contributed by atoms with Crippen molar-refractivity contribution >= 4 is 62.9 Å². The van der Waals surface area contributed by atoms with Crippen LogP contribution in [0, 0.1) is 34.5 Å². The van der Waals surface area contributed by atoms with Gasteiger partial charge in [-0.1, -0.05) is 118 Å². The predicted octanol–water partition coefficient (Wildman–Crippen LogP) is 13.7.